The average Bonchev–Trinajstić information content (AvgIpc) is 3.16. The first-order valence-corrected chi connectivity index (χ1v) is 10.1. The molecule has 140 valence electrons. The van der Waals surface area contributed by atoms with E-state index >= 15 is 0 Å². The Morgan fingerprint density at radius 3 is 2.48 bits per heavy atom. The van der Waals surface area contributed by atoms with Crippen molar-refractivity contribution >= 4 is 15.7 Å². The highest BCUT2D eigenvalue weighted by molar-refractivity contribution is 7.91. The second kappa shape index (κ2) is 7.13. The summed E-state index contributed by atoms with van der Waals surface area (Å²) in [5.41, 5.74) is 1.61. The zero-order valence-electron chi connectivity index (χ0n) is 14.8. The number of pyridine rings is 1. The molecule has 1 saturated heterocycles. The van der Waals surface area contributed by atoms with Crippen LogP contribution in [-0.2, 0) is 14.6 Å². The third-order valence-electron chi connectivity index (χ3n) is 4.37. The molecule has 8 heteroatoms. The summed E-state index contributed by atoms with van der Waals surface area (Å²) in [7, 11) is -3.83. The molecule has 1 aromatic carbocycles. The molecule has 3 aromatic rings. The zero-order chi connectivity index (χ0) is 18.9. The first-order valence-electron chi connectivity index (χ1n) is 8.61. The minimum Gasteiger partial charge on any atom is -0.419 e. The van der Waals surface area contributed by atoms with Crippen LogP contribution in [0.25, 0.3) is 11.5 Å². The van der Waals surface area contributed by atoms with Crippen LogP contribution in [0.2, 0.25) is 0 Å². The van der Waals surface area contributed by atoms with Crippen molar-refractivity contribution < 1.29 is 17.6 Å². The maximum atomic E-state index is 13.3. The number of aromatic nitrogens is 2. The topological polar surface area (TPSA) is 85.5 Å². The monoisotopic (exact) mass is 385 g/mol. The minimum absolute atomic E-state index is 0.0768. The van der Waals surface area contributed by atoms with E-state index in [1.54, 1.807) is 48.8 Å². The average molecular weight is 385 g/mol. The van der Waals surface area contributed by atoms with Crippen molar-refractivity contribution in [3.63, 3.8) is 0 Å². The van der Waals surface area contributed by atoms with E-state index in [0.717, 1.165) is 5.56 Å². The van der Waals surface area contributed by atoms with Gasteiger partial charge in [-0.05, 0) is 31.2 Å². The van der Waals surface area contributed by atoms with Crippen LogP contribution in [0.4, 0.5) is 5.88 Å². The summed E-state index contributed by atoms with van der Waals surface area (Å²) in [5, 5.41) is -0.0768. The van der Waals surface area contributed by atoms with Crippen LogP contribution in [-0.4, -0.2) is 44.7 Å². The molecular weight excluding hydrogens is 366 g/mol. The van der Waals surface area contributed by atoms with Gasteiger partial charge in [0, 0.05) is 25.5 Å². The van der Waals surface area contributed by atoms with E-state index in [4.69, 9.17) is 9.15 Å². The van der Waals surface area contributed by atoms with Gasteiger partial charge in [-0.15, -0.1) is 0 Å². The van der Waals surface area contributed by atoms with Gasteiger partial charge in [0.15, 0.2) is 0 Å². The quantitative estimate of drug-likeness (QED) is 0.682. The summed E-state index contributed by atoms with van der Waals surface area (Å²) in [4.78, 5) is 10.5. The third kappa shape index (κ3) is 3.45. The highest BCUT2D eigenvalue weighted by atomic mass is 32.2. The SMILES string of the molecule is Cc1ccc(S(=O)(=O)c2nc(-c3cccnc3)oc2N2CCOCC2)cc1. The van der Waals surface area contributed by atoms with Gasteiger partial charge in [0.1, 0.15) is 0 Å². The fourth-order valence-electron chi connectivity index (χ4n) is 2.88. The normalized spacial score (nSPS) is 15.1. The predicted molar refractivity (Wildman–Crippen MR) is 99.4 cm³/mol. The Morgan fingerprint density at radius 2 is 1.81 bits per heavy atom. The molecule has 4 rings (SSSR count). The predicted octanol–water partition coefficient (Wildman–Crippen LogP) is 2.71. The molecule has 0 amide bonds. The highest BCUT2D eigenvalue weighted by Gasteiger charge is 2.32. The van der Waals surface area contributed by atoms with E-state index in [9.17, 15) is 8.42 Å². The van der Waals surface area contributed by atoms with E-state index in [1.165, 1.54) is 0 Å². The van der Waals surface area contributed by atoms with Gasteiger partial charge in [-0.3, -0.25) is 4.98 Å². The molecule has 0 bridgehead atoms. The van der Waals surface area contributed by atoms with Crippen molar-refractivity contribution in [1.29, 1.82) is 0 Å². The molecule has 0 atom stereocenters. The molecule has 0 saturated carbocycles. The van der Waals surface area contributed by atoms with E-state index in [0.29, 0.717) is 31.9 Å². The Hall–Kier alpha value is -2.71. The molecule has 2 aromatic heterocycles. The van der Waals surface area contributed by atoms with Crippen LogP contribution in [0, 0.1) is 6.92 Å². The first kappa shape index (κ1) is 17.7. The number of rotatable bonds is 4. The molecule has 0 aliphatic carbocycles. The van der Waals surface area contributed by atoms with Crippen molar-refractivity contribution in [2.45, 2.75) is 16.8 Å². The van der Waals surface area contributed by atoms with Gasteiger partial charge < -0.3 is 14.1 Å². The molecule has 3 heterocycles. The van der Waals surface area contributed by atoms with Crippen LogP contribution in [0.3, 0.4) is 0 Å². The number of hydrogen-bond acceptors (Lipinski definition) is 7. The lowest BCUT2D eigenvalue weighted by molar-refractivity contribution is 0.120. The molecule has 0 unspecified atom stereocenters. The second-order valence-corrected chi connectivity index (χ2v) is 8.15. The number of oxazole rings is 1. The van der Waals surface area contributed by atoms with Crippen molar-refractivity contribution in [2.24, 2.45) is 0 Å². The molecule has 0 spiro atoms. The fraction of sp³-hybridized carbons (Fsp3) is 0.263. The summed E-state index contributed by atoms with van der Waals surface area (Å²) in [6.45, 7) is 4.00. The van der Waals surface area contributed by atoms with Crippen LogP contribution < -0.4 is 4.90 Å². The van der Waals surface area contributed by atoms with Crippen LogP contribution in [0.5, 0.6) is 0 Å². The summed E-state index contributed by atoms with van der Waals surface area (Å²) in [6.07, 6.45) is 3.23. The maximum Gasteiger partial charge on any atom is 0.236 e. The lowest BCUT2D eigenvalue weighted by atomic mass is 10.2. The largest absolute Gasteiger partial charge is 0.419 e. The minimum atomic E-state index is -3.83. The Labute approximate surface area is 157 Å². The summed E-state index contributed by atoms with van der Waals surface area (Å²) in [6, 6.07) is 10.2. The van der Waals surface area contributed by atoms with Crippen molar-refractivity contribution in [3.8, 4) is 11.5 Å². The second-order valence-electron chi connectivity index (χ2n) is 6.29. The van der Waals surface area contributed by atoms with Crippen LogP contribution in [0.1, 0.15) is 5.56 Å². The molecule has 7 nitrogen and oxygen atoms in total. The Bertz CT molecular complexity index is 1020. The number of ether oxygens (including phenoxy) is 1. The zero-order valence-corrected chi connectivity index (χ0v) is 15.6. The first-order chi connectivity index (χ1) is 13.1. The smallest absolute Gasteiger partial charge is 0.236 e. The maximum absolute atomic E-state index is 13.3. The van der Waals surface area contributed by atoms with E-state index in [1.807, 2.05) is 11.8 Å². The number of hydrogen-bond donors (Lipinski definition) is 0. The molecule has 0 radical (unpaired) electrons. The Balaban J connectivity index is 1.84. The third-order valence-corrected chi connectivity index (χ3v) is 6.04. The lowest BCUT2D eigenvalue weighted by Gasteiger charge is -2.26. The Kier molecular flexibility index (Phi) is 4.67. The van der Waals surface area contributed by atoms with E-state index in [2.05, 4.69) is 9.97 Å². The van der Waals surface area contributed by atoms with Crippen molar-refractivity contribution in [3.05, 3.63) is 54.4 Å². The number of benzene rings is 1. The summed E-state index contributed by atoms with van der Waals surface area (Å²) < 4.78 is 37.8. The Morgan fingerprint density at radius 1 is 1.07 bits per heavy atom. The molecule has 1 aliphatic rings. The standard InChI is InChI=1S/C19H19N3O4S/c1-14-4-6-16(7-5-14)27(23,24)18-19(22-9-11-25-12-10-22)26-17(21-18)15-3-2-8-20-13-15/h2-8,13H,9-12H2,1H3. The number of aryl methyl sites for hydroxylation is 1. The van der Waals surface area contributed by atoms with Crippen molar-refractivity contribution in [2.75, 3.05) is 31.2 Å². The lowest BCUT2D eigenvalue weighted by Crippen LogP contribution is -2.36. The molecule has 1 fully saturated rings. The fourth-order valence-corrected chi connectivity index (χ4v) is 4.20. The van der Waals surface area contributed by atoms with Gasteiger partial charge in [0.2, 0.25) is 26.6 Å². The van der Waals surface area contributed by atoms with Gasteiger partial charge in [-0.2, -0.15) is 4.98 Å². The van der Waals surface area contributed by atoms with Gasteiger partial charge in [0.25, 0.3) is 0 Å². The molecule has 1 aliphatic heterocycles. The van der Waals surface area contributed by atoms with Gasteiger partial charge >= 0.3 is 0 Å². The van der Waals surface area contributed by atoms with E-state index in [-0.39, 0.29) is 21.7 Å². The van der Waals surface area contributed by atoms with Gasteiger partial charge in [-0.1, -0.05) is 17.7 Å². The number of anilines is 1. The summed E-state index contributed by atoms with van der Waals surface area (Å²) in [5.74, 6) is 0.480. The van der Waals surface area contributed by atoms with Crippen LogP contribution in [0.15, 0.2) is 63.1 Å². The summed E-state index contributed by atoms with van der Waals surface area (Å²) >= 11 is 0. The number of morpholine rings is 1. The number of nitrogens with zero attached hydrogens (tertiary/aromatic N) is 3. The van der Waals surface area contributed by atoms with Crippen molar-refractivity contribution in [1.82, 2.24) is 9.97 Å². The van der Waals surface area contributed by atoms with Gasteiger partial charge in [0.05, 0.1) is 23.7 Å². The number of sulfone groups is 1. The molecular formula is C19H19N3O4S. The van der Waals surface area contributed by atoms with Gasteiger partial charge in [-0.25, -0.2) is 8.42 Å². The van der Waals surface area contributed by atoms with E-state index < -0.39 is 9.84 Å². The highest BCUT2D eigenvalue weighted by Crippen LogP contribution is 2.34. The molecule has 0 N–H and O–H groups in total. The van der Waals surface area contributed by atoms with Crippen LogP contribution >= 0.6 is 0 Å². The molecule has 27 heavy (non-hydrogen) atoms.